The topological polar surface area (TPSA) is 55.8 Å². The highest BCUT2D eigenvalue weighted by Gasteiger charge is 2.38. The summed E-state index contributed by atoms with van der Waals surface area (Å²) in [6, 6.07) is 10.9. The number of ketones is 1. The van der Waals surface area contributed by atoms with E-state index < -0.39 is 29.6 Å². The Balaban J connectivity index is 1.90. The zero-order valence-electron chi connectivity index (χ0n) is 16.7. The van der Waals surface area contributed by atoms with Crippen LogP contribution in [0.4, 0.5) is 13.2 Å². The van der Waals surface area contributed by atoms with Crippen LogP contribution in [-0.2, 0) is 17.6 Å². The molecule has 1 aliphatic rings. The quantitative estimate of drug-likeness (QED) is 0.595. The Hall–Kier alpha value is -3.03. The number of nitrogens with zero attached hydrogens (tertiary/aromatic N) is 1. The summed E-state index contributed by atoms with van der Waals surface area (Å²) in [6.07, 6.45) is -3.29. The summed E-state index contributed by atoms with van der Waals surface area (Å²) in [6.45, 7) is -0.348. The van der Waals surface area contributed by atoms with Gasteiger partial charge in [-0.3, -0.25) is 9.59 Å². The third-order valence-electron chi connectivity index (χ3n) is 4.83. The molecule has 0 saturated heterocycles. The van der Waals surface area contributed by atoms with Crippen molar-refractivity contribution in [3.8, 4) is 11.5 Å². The lowest BCUT2D eigenvalue weighted by molar-refractivity contribution is -0.138. The fourth-order valence-electron chi connectivity index (χ4n) is 3.05. The van der Waals surface area contributed by atoms with Gasteiger partial charge in [0.15, 0.2) is 17.3 Å². The molecular weight excluding hydrogens is 399 g/mol. The highest BCUT2D eigenvalue weighted by molar-refractivity contribution is 6.01. The lowest BCUT2D eigenvalue weighted by atomic mass is 10.0. The maximum absolute atomic E-state index is 13.6. The maximum Gasteiger partial charge on any atom is 0.417 e. The second-order valence-corrected chi connectivity index (χ2v) is 7.21. The van der Waals surface area contributed by atoms with Gasteiger partial charge in [-0.05, 0) is 30.5 Å². The Morgan fingerprint density at radius 2 is 1.77 bits per heavy atom. The molecule has 1 amide bonds. The lowest BCUT2D eigenvalue weighted by Gasteiger charge is -2.20. The third kappa shape index (κ3) is 5.11. The van der Waals surface area contributed by atoms with E-state index >= 15 is 0 Å². The first kappa shape index (κ1) is 21.7. The second kappa shape index (κ2) is 8.77. The van der Waals surface area contributed by atoms with Crippen LogP contribution in [0.3, 0.4) is 0 Å². The summed E-state index contributed by atoms with van der Waals surface area (Å²) in [5.74, 6) is -1.28. The van der Waals surface area contributed by atoms with Crippen molar-refractivity contribution in [2.45, 2.75) is 25.6 Å². The van der Waals surface area contributed by atoms with E-state index in [-0.39, 0.29) is 29.9 Å². The van der Waals surface area contributed by atoms with Crippen LogP contribution < -0.4 is 9.47 Å². The van der Waals surface area contributed by atoms with Crippen molar-refractivity contribution in [3.63, 3.8) is 0 Å². The Morgan fingerprint density at radius 3 is 2.33 bits per heavy atom. The number of benzene rings is 2. The summed E-state index contributed by atoms with van der Waals surface area (Å²) >= 11 is 0. The van der Waals surface area contributed by atoms with Crippen molar-refractivity contribution in [1.29, 1.82) is 0 Å². The molecule has 3 rings (SSSR count). The predicted molar refractivity (Wildman–Crippen MR) is 103 cm³/mol. The van der Waals surface area contributed by atoms with Crippen LogP contribution in [0.5, 0.6) is 11.5 Å². The lowest BCUT2D eigenvalue weighted by Crippen LogP contribution is -2.34. The van der Waals surface area contributed by atoms with Gasteiger partial charge in [0.2, 0.25) is 5.91 Å². The first-order valence-corrected chi connectivity index (χ1v) is 9.45. The van der Waals surface area contributed by atoms with Gasteiger partial charge < -0.3 is 14.4 Å². The number of methoxy groups -OCH3 is 1. The molecule has 0 unspecified atom stereocenters. The molecule has 8 heteroatoms. The Kier molecular flexibility index (Phi) is 6.34. The molecule has 0 N–H and O–H groups in total. The van der Waals surface area contributed by atoms with Crippen LogP contribution in [0.25, 0.3) is 0 Å². The van der Waals surface area contributed by atoms with Gasteiger partial charge in [-0.25, -0.2) is 0 Å². The average molecular weight is 421 g/mol. The van der Waals surface area contributed by atoms with Gasteiger partial charge in [0.1, 0.15) is 6.61 Å². The molecule has 5 nitrogen and oxygen atoms in total. The van der Waals surface area contributed by atoms with E-state index in [4.69, 9.17) is 9.47 Å². The monoisotopic (exact) mass is 421 g/mol. The largest absolute Gasteiger partial charge is 0.493 e. The summed E-state index contributed by atoms with van der Waals surface area (Å²) in [5.41, 5.74) is -0.868. The van der Waals surface area contributed by atoms with E-state index in [1.165, 1.54) is 19.1 Å². The summed E-state index contributed by atoms with van der Waals surface area (Å²) in [4.78, 5) is 26.0. The van der Waals surface area contributed by atoms with Gasteiger partial charge in [-0.15, -0.1) is 0 Å². The van der Waals surface area contributed by atoms with Crippen LogP contribution in [0.15, 0.2) is 42.5 Å². The van der Waals surface area contributed by atoms with Crippen molar-refractivity contribution < 1.29 is 32.2 Å². The number of hydrogen-bond donors (Lipinski definition) is 0. The Bertz CT molecular complexity index is 924. The van der Waals surface area contributed by atoms with Gasteiger partial charge >= 0.3 is 6.18 Å². The van der Waals surface area contributed by atoms with E-state index in [0.717, 1.165) is 30.5 Å². The summed E-state index contributed by atoms with van der Waals surface area (Å²) < 4.78 is 51.5. The number of Topliss-reactive ketones (excluding diaryl/α,β-unsaturated/α-hetero) is 1. The molecule has 0 aromatic heterocycles. The zero-order valence-corrected chi connectivity index (χ0v) is 16.7. The second-order valence-electron chi connectivity index (χ2n) is 7.21. The highest BCUT2D eigenvalue weighted by Crippen LogP contribution is 2.40. The van der Waals surface area contributed by atoms with Crippen molar-refractivity contribution in [1.82, 2.24) is 4.90 Å². The molecule has 30 heavy (non-hydrogen) atoms. The molecule has 0 atom stereocenters. The standard InChI is InChI=1S/C22H22F3NO4/c1-26(21(28)15-8-9-15)12-18(27)16-10-20(30-13-14-6-4-3-5-7-14)19(29-2)11-17(16)22(23,24)25/h3-7,10-11,15H,8-9,12-13H2,1-2H3. The average Bonchev–Trinajstić information content (AvgIpc) is 3.56. The van der Waals surface area contributed by atoms with Crippen molar-refractivity contribution in [3.05, 3.63) is 59.2 Å². The van der Waals surface area contributed by atoms with Gasteiger partial charge in [-0.1, -0.05) is 30.3 Å². The molecular formula is C22H22F3NO4. The predicted octanol–water partition coefficient (Wildman–Crippen LogP) is 4.34. The van der Waals surface area contributed by atoms with Crippen LogP contribution in [-0.4, -0.2) is 37.3 Å². The Labute approximate surface area is 172 Å². The number of likely N-dealkylation sites (N-methyl/N-ethyl adjacent to an activating group) is 1. The summed E-state index contributed by atoms with van der Waals surface area (Å²) in [5, 5.41) is 0. The van der Waals surface area contributed by atoms with E-state index in [2.05, 4.69) is 0 Å². The number of ether oxygens (including phenoxy) is 2. The number of carbonyl (C=O) groups is 2. The van der Waals surface area contributed by atoms with Crippen molar-refractivity contribution in [2.24, 2.45) is 5.92 Å². The zero-order chi connectivity index (χ0) is 21.9. The van der Waals surface area contributed by atoms with Gasteiger partial charge in [0.25, 0.3) is 0 Å². The number of alkyl halides is 3. The first-order valence-electron chi connectivity index (χ1n) is 9.45. The fraction of sp³-hybridized carbons (Fsp3) is 0.364. The SMILES string of the molecule is COc1cc(C(F)(F)F)c(C(=O)CN(C)C(=O)C2CC2)cc1OCc1ccccc1. The minimum Gasteiger partial charge on any atom is -0.493 e. The van der Waals surface area contributed by atoms with Crippen LogP contribution in [0.1, 0.15) is 34.3 Å². The molecule has 0 aliphatic heterocycles. The van der Waals surface area contributed by atoms with Crippen molar-refractivity contribution in [2.75, 3.05) is 20.7 Å². The van der Waals surface area contributed by atoms with Crippen LogP contribution >= 0.6 is 0 Å². The van der Waals surface area contributed by atoms with Crippen LogP contribution in [0, 0.1) is 5.92 Å². The Morgan fingerprint density at radius 1 is 1.10 bits per heavy atom. The molecule has 0 bridgehead atoms. The van der Waals surface area contributed by atoms with Gasteiger partial charge in [0, 0.05) is 18.5 Å². The molecule has 2 aromatic rings. The molecule has 160 valence electrons. The first-order chi connectivity index (χ1) is 14.2. The van der Waals surface area contributed by atoms with Crippen molar-refractivity contribution >= 4 is 11.7 Å². The minimum absolute atomic E-state index is 0.0221. The fourth-order valence-corrected chi connectivity index (χ4v) is 3.05. The maximum atomic E-state index is 13.6. The molecule has 1 saturated carbocycles. The van der Waals surface area contributed by atoms with Gasteiger partial charge in [-0.2, -0.15) is 13.2 Å². The number of amides is 1. The van der Waals surface area contributed by atoms with E-state index in [1.54, 1.807) is 12.1 Å². The molecule has 0 spiro atoms. The number of hydrogen-bond acceptors (Lipinski definition) is 4. The molecule has 0 heterocycles. The van der Waals surface area contributed by atoms with E-state index in [1.807, 2.05) is 18.2 Å². The molecule has 0 radical (unpaired) electrons. The normalized spacial score (nSPS) is 13.6. The van der Waals surface area contributed by atoms with Crippen LogP contribution in [0.2, 0.25) is 0 Å². The molecule has 1 aliphatic carbocycles. The van der Waals surface area contributed by atoms with E-state index in [9.17, 15) is 22.8 Å². The summed E-state index contributed by atoms with van der Waals surface area (Å²) in [7, 11) is 2.65. The molecule has 1 fully saturated rings. The highest BCUT2D eigenvalue weighted by atomic mass is 19.4. The minimum atomic E-state index is -4.77. The van der Waals surface area contributed by atoms with E-state index in [0.29, 0.717) is 0 Å². The molecule has 2 aromatic carbocycles. The number of halogens is 3. The number of carbonyl (C=O) groups excluding carboxylic acids is 2. The smallest absolute Gasteiger partial charge is 0.417 e. The number of rotatable bonds is 8. The van der Waals surface area contributed by atoms with Gasteiger partial charge in [0.05, 0.1) is 19.2 Å². The third-order valence-corrected chi connectivity index (χ3v) is 4.83.